The topological polar surface area (TPSA) is 65.4 Å². The summed E-state index contributed by atoms with van der Waals surface area (Å²) < 4.78 is 12.2. The molecule has 1 N–H and O–H groups in total. The van der Waals surface area contributed by atoms with Crippen LogP contribution in [0.5, 0.6) is 11.5 Å². The van der Waals surface area contributed by atoms with Gasteiger partial charge in [-0.3, -0.25) is 4.79 Å². The number of benzene rings is 2. The molecule has 0 bridgehead atoms. The van der Waals surface area contributed by atoms with E-state index in [0.717, 1.165) is 11.4 Å². The molecule has 0 radical (unpaired) electrons. The van der Waals surface area contributed by atoms with Gasteiger partial charge in [0, 0.05) is 30.8 Å². The van der Waals surface area contributed by atoms with Gasteiger partial charge in [0.25, 0.3) is 5.91 Å². The number of hydrogen-bond acceptors (Lipinski definition) is 4. The van der Waals surface area contributed by atoms with E-state index in [-0.39, 0.29) is 5.91 Å². The number of hydrogen-bond donors (Lipinski definition) is 1. The molecule has 0 atom stereocenters. The van der Waals surface area contributed by atoms with Crippen LogP contribution in [0.25, 0.3) is 5.69 Å². The maximum atomic E-state index is 12.4. The third-order valence-electron chi connectivity index (χ3n) is 3.95. The van der Waals surface area contributed by atoms with Gasteiger partial charge >= 0.3 is 0 Å². The maximum Gasteiger partial charge on any atom is 0.251 e. The van der Waals surface area contributed by atoms with Crippen LogP contribution in [0.2, 0.25) is 0 Å². The average Bonchev–Trinajstić information content (AvgIpc) is 3.17. The van der Waals surface area contributed by atoms with Gasteiger partial charge in [-0.25, -0.2) is 4.68 Å². The second-order valence-corrected chi connectivity index (χ2v) is 5.69. The second-order valence-electron chi connectivity index (χ2n) is 5.69. The standard InChI is InChI=1S/C20H21N3O3/c1-25-18-12-15(13-19(14-18)26-2)20(24)21-10-8-16-9-11-23(22-16)17-6-4-3-5-7-17/h3-7,9,11-14H,8,10H2,1-2H3,(H,21,24). The van der Waals surface area contributed by atoms with Crippen LogP contribution in [0.4, 0.5) is 0 Å². The highest BCUT2D eigenvalue weighted by Gasteiger charge is 2.10. The van der Waals surface area contributed by atoms with Gasteiger partial charge in [0.1, 0.15) is 11.5 Å². The van der Waals surface area contributed by atoms with Gasteiger partial charge in [-0.05, 0) is 30.3 Å². The first-order valence-electron chi connectivity index (χ1n) is 8.31. The Kier molecular flexibility index (Phi) is 5.53. The number of rotatable bonds is 7. The van der Waals surface area contributed by atoms with Gasteiger partial charge in [-0.2, -0.15) is 5.10 Å². The molecular formula is C20H21N3O3. The molecule has 0 aliphatic carbocycles. The first kappa shape index (κ1) is 17.5. The van der Waals surface area contributed by atoms with E-state index in [1.54, 1.807) is 32.4 Å². The van der Waals surface area contributed by atoms with Crippen molar-refractivity contribution in [1.29, 1.82) is 0 Å². The largest absolute Gasteiger partial charge is 0.497 e. The Morgan fingerprint density at radius 3 is 2.38 bits per heavy atom. The summed E-state index contributed by atoms with van der Waals surface area (Å²) in [6, 6.07) is 16.9. The monoisotopic (exact) mass is 351 g/mol. The lowest BCUT2D eigenvalue weighted by molar-refractivity contribution is 0.0953. The number of nitrogens with zero attached hydrogens (tertiary/aromatic N) is 2. The zero-order chi connectivity index (χ0) is 18.4. The number of para-hydroxylation sites is 1. The summed E-state index contributed by atoms with van der Waals surface area (Å²) in [6.07, 6.45) is 2.56. The quantitative estimate of drug-likeness (QED) is 0.711. The lowest BCUT2D eigenvalue weighted by Gasteiger charge is -2.09. The highest BCUT2D eigenvalue weighted by atomic mass is 16.5. The van der Waals surface area contributed by atoms with Gasteiger partial charge in [0.2, 0.25) is 0 Å². The minimum atomic E-state index is -0.176. The number of aromatic nitrogens is 2. The van der Waals surface area contributed by atoms with Crippen LogP contribution < -0.4 is 14.8 Å². The summed E-state index contributed by atoms with van der Waals surface area (Å²) in [5.74, 6) is 0.983. The zero-order valence-corrected chi connectivity index (χ0v) is 14.8. The van der Waals surface area contributed by atoms with E-state index in [9.17, 15) is 4.79 Å². The first-order chi connectivity index (χ1) is 12.7. The minimum Gasteiger partial charge on any atom is -0.497 e. The molecule has 1 amide bonds. The van der Waals surface area contributed by atoms with Crippen LogP contribution in [0.3, 0.4) is 0 Å². The normalized spacial score (nSPS) is 10.4. The van der Waals surface area contributed by atoms with E-state index in [1.807, 2.05) is 47.3 Å². The van der Waals surface area contributed by atoms with Crippen LogP contribution in [-0.4, -0.2) is 36.5 Å². The van der Waals surface area contributed by atoms with E-state index in [2.05, 4.69) is 10.4 Å². The van der Waals surface area contributed by atoms with Crippen molar-refractivity contribution in [2.75, 3.05) is 20.8 Å². The number of carbonyl (C=O) groups excluding carboxylic acids is 1. The van der Waals surface area contributed by atoms with Gasteiger partial charge in [0.05, 0.1) is 25.6 Å². The Morgan fingerprint density at radius 1 is 1.04 bits per heavy atom. The fourth-order valence-electron chi connectivity index (χ4n) is 2.56. The fraction of sp³-hybridized carbons (Fsp3) is 0.200. The smallest absolute Gasteiger partial charge is 0.251 e. The Labute approximate surface area is 152 Å². The van der Waals surface area contributed by atoms with Crippen molar-refractivity contribution in [3.8, 4) is 17.2 Å². The number of ether oxygens (including phenoxy) is 2. The number of amides is 1. The van der Waals surface area contributed by atoms with Crippen LogP contribution in [0.1, 0.15) is 16.1 Å². The summed E-state index contributed by atoms with van der Waals surface area (Å²) in [6.45, 7) is 0.490. The van der Waals surface area contributed by atoms with E-state index in [0.29, 0.717) is 30.0 Å². The number of nitrogens with one attached hydrogen (secondary N) is 1. The molecule has 0 spiro atoms. The van der Waals surface area contributed by atoms with Crippen LogP contribution in [0.15, 0.2) is 60.8 Å². The second kappa shape index (κ2) is 8.20. The molecule has 3 aromatic rings. The molecule has 6 nitrogen and oxygen atoms in total. The van der Waals surface area contributed by atoms with Crippen molar-refractivity contribution < 1.29 is 14.3 Å². The Balaban J connectivity index is 1.58. The average molecular weight is 351 g/mol. The summed E-state index contributed by atoms with van der Waals surface area (Å²) in [5, 5.41) is 7.43. The molecule has 0 fully saturated rings. The van der Waals surface area contributed by atoms with Crippen LogP contribution >= 0.6 is 0 Å². The van der Waals surface area contributed by atoms with E-state index >= 15 is 0 Å². The number of carbonyl (C=O) groups is 1. The first-order valence-corrected chi connectivity index (χ1v) is 8.31. The Morgan fingerprint density at radius 2 is 1.73 bits per heavy atom. The summed E-state index contributed by atoms with van der Waals surface area (Å²) in [5.41, 5.74) is 2.42. The Hall–Kier alpha value is -3.28. The van der Waals surface area contributed by atoms with Crippen molar-refractivity contribution in [1.82, 2.24) is 15.1 Å². The van der Waals surface area contributed by atoms with Crippen molar-refractivity contribution >= 4 is 5.91 Å². The molecule has 2 aromatic carbocycles. The third kappa shape index (κ3) is 4.22. The van der Waals surface area contributed by atoms with Gasteiger partial charge in [-0.15, -0.1) is 0 Å². The summed E-state index contributed by atoms with van der Waals surface area (Å²) >= 11 is 0. The molecule has 3 rings (SSSR count). The molecule has 0 aliphatic heterocycles. The lowest BCUT2D eigenvalue weighted by Crippen LogP contribution is -2.25. The molecule has 0 saturated heterocycles. The molecule has 0 unspecified atom stereocenters. The molecule has 26 heavy (non-hydrogen) atoms. The molecular weight excluding hydrogens is 330 g/mol. The summed E-state index contributed by atoms with van der Waals surface area (Å²) in [7, 11) is 3.11. The minimum absolute atomic E-state index is 0.176. The fourth-order valence-corrected chi connectivity index (χ4v) is 2.56. The zero-order valence-electron chi connectivity index (χ0n) is 14.8. The van der Waals surface area contributed by atoms with E-state index < -0.39 is 0 Å². The SMILES string of the molecule is COc1cc(OC)cc(C(=O)NCCc2ccn(-c3ccccc3)n2)c1. The van der Waals surface area contributed by atoms with Crippen LogP contribution in [0, 0.1) is 0 Å². The summed E-state index contributed by atoms with van der Waals surface area (Å²) in [4.78, 5) is 12.4. The van der Waals surface area contributed by atoms with Crippen LogP contribution in [-0.2, 0) is 6.42 Å². The molecule has 1 heterocycles. The molecule has 0 aliphatic rings. The van der Waals surface area contributed by atoms with E-state index in [1.165, 1.54) is 0 Å². The third-order valence-corrected chi connectivity index (χ3v) is 3.95. The van der Waals surface area contributed by atoms with Crippen molar-refractivity contribution in [2.45, 2.75) is 6.42 Å². The van der Waals surface area contributed by atoms with E-state index in [4.69, 9.17) is 9.47 Å². The lowest BCUT2D eigenvalue weighted by atomic mass is 10.2. The van der Waals surface area contributed by atoms with Gasteiger partial charge in [-0.1, -0.05) is 18.2 Å². The van der Waals surface area contributed by atoms with Gasteiger partial charge < -0.3 is 14.8 Å². The number of methoxy groups -OCH3 is 2. The van der Waals surface area contributed by atoms with Gasteiger partial charge in [0.15, 0.2) is 0 Å². The molecule has 1 aromatic heterocycles. The Bertz CT molecular complexity index is 853. The molecule has 134 valence electrons. The molecule has 0 saturated carbocycles. The highest BCUT2D eigenvalue weighted by Crippen LogP contribution is 2.22. The predicted molar refractivity (Wildman–Crippen MR) is 99.1 cm³/mol. The highest BCUT2D eigenvalue weighted by molar-refractivity contribution is 5.95. The molecule has 6 heteroatoms. The van der Waals surface area contributed by atoms with Crippen molar-refractivity contribution in [3.05, 3.63) is 72.1 Å². The predicted octanol–water partition coefficient (Wildman–Crippen LogP) is 2.86. The van der Waals surface area contributed by atoms with Crippen molar-refractivity contribution in [3.63, 3.8) is 0 Å². The maximum absolute atomic E-state index is 12.4. The van der Waals surface area contributed by atoms with Crippen molar-refractivity contribution in [2.24, 2.45) is 0 Å².